The standard InChI is InChI=1S/C49H40N2O/c1-31(2)41-29-37(35-27-25-34(26-28-35)33-15-7-5-8-16-33)30-42(32(3)4)47(41)51-44-23-12-11-22-43(44)50-49(51)40-21-13-20-39-46-38(36-17-9-6-10-18-36)19-14-24-45(46)52-48(39)40/h5-32H,1-4H3. The Morgan fingerprint density at radius 3 is 1.73 bits per heavy atom. The lowest BCUT2D eigenvalue weighted by molar-refractivity contribution is 0.669. The van der Waals surface area contributed by atoms with E-state index in [1.165, 1.54) is 50.2 Å². The smallest absolute Gasteiger partial charge is 0.149 e. The lowest BCUT2D eigenvalue weighted by atomic mass is 9.87. The number of imidazole rings is 1. The van der Waals surface area contributed by atoms with Gasteiger partial charge in [0.1, 0.15) is 17.0 Å². The summed E-state index contributed by atoms with van der Waals surface area (Å²) >= 11 is 0. The molecule has 0 atom stereocenters. The molecule has 0 fully saturated rings. The van der Waals surface area contributed by atoms with Crippen molar-refractivity contribution in [1.82, 2.24) is 9.55 Å². The first-order valence-electron chi connectivity index (χ1n) is 18.3. The van der Waals surface area contributed by atoms with Gasteiger partial charge in [-0.05, 0) is 92.7 Å². The predicted octanol–water partition coefficient (Wildman–Crippen LogP) is 13.8. The van der Waals surface area contributed by atoms with Crippen LogP contribution in [-0.2, 0) is 0 Å². The third-order valence-corrected chi connectivity index (χ3v) is 10.4. The van der Waals surface area contributed by atoms with E-state index < -0.39 is 0 Å². The average molecular weight is 673 g/mol. The van der Waals surface area contributed by atoms with Gasteiger partial charge in [-0.2, -0.15) is 0 Å². The lowest BCUT2D eigenvalue weighted by Crippen LogP contribution is -2.09. The summed E-state index contributed by atoms with van der Waals surface area (Å²) in [5.74, 6) is 1.41. The van der Waals surface area contributed by atoms with Crippen molar-refractivity contribution in [3.63, 3.8) is 0 Å². The predicted molar refractivity (Wildman–Crippen MR) is 218 cm³/mol. The zero-order chi connectivity index (χ0) is 35.3. The summed E-state index contributed by atoms with van der Waals surface area (Å²) in [6.45, 7) is 9.20. The number of benzene rings is 7. The first-order valence-corrected chi connectivity index (χ1v) is 18.3. The number of furan rings is 1. The van der Waals surface area contributed by atoms with Gasteiger partial charge >= 0.3 is 0 Å². The highest BCUT2D eigenvalue weighted by molar-refractivity contribution is 6.15. The Hall–Kier alpha value is -6.19. The van der Waals surface area contributed by atoms with Crippen LogP contribution in [-0.4, -0.2) is 9.55 Å². The minimum absolute atomic E-state index is 0.264. The summed E-state index contributed by atoms with van der Waals surface area (Å²) in [6, 6.07) is 56.3. The maximum Gasteiger partial charge on any atom is 0.149 e. The van der Waals surface area contributed by atoms with Gasteiger partial charge in [-0.3, -0.25) is 4.57 Å². The molecule has 3 heteroatoms. The molecule has 9 aromatic rings. The molecule has 2 heterocycles. The highest BCUT2D eigenvalue weighted by atomic mass is 16.3. The summed E-state index contributed by atoms with van der Waals surface area (Å²) in [6.07, 6.45) is 0. The third-order valence-electron chi connectivity index (χ3n) is 10.4. The van der Waals surface area contributed by atoms with Gasteiger partial charge in [0.05, 0.1) is 22.3 Å². The van der Waals surface area contributed by atoms with E-state index in [0.717, 1.165) is 44.4 Å². The van der Waals surface area contributed by atoms with Crippen LogP contribution in [0.15, 0.2) is 162 Å². The summed E-state index contributed by atoms with van der Waals surface area (Å²) in [5.41, 5.74) is 15.8. The van der Waals surface area contributed by atoms with Crippen molar-refractivity contribution >= 4 is 33.0 Å². The molecule has 252 valence electrons. The van der Waals surface area contributed by atoms with E-state index in [0.29, 0.717) is 0 Å². The Morgan fingerprint density at radius 2 is 1.06 bits per heavy atom. The number of hydrogen-bond acceptors (Lipinski definition) is 2. The Labute approximate surface area is 304 Å². The molecule has 0 saturated heterocycles. The summed E-state index contributed by atoms with van der Waals surface area (Å²) in [5, 5.41) is 2.22. The van der Waals surface area contributed by atoms with Crippen LogP contribution in [0, 0.1) is 0 Å². The van der Waals surface area contributed by atoms with Crippen molar-refractivity contribution in [3.05, 3.63) is 169 Å². The van der Waals surface area contributed by atoms with Crippen LogP contribution in [0.5, 0.6) is 0 Å². The molecule has 0 bridgehead atoms. The maximum atomic E-state index is 6.81. The molecule has 52 heavy (non-hydrogen) atoms. The molecule has 0 aliphatic rings. The fourth-order valence-corrected chi connectivity index (χ4v) is 7.79. The van der Waals surface area contributed by atoms with Crippen molar-refractivity contribution in [2.24, 2.45) is 0 Å². The Balaban J connectivity index is 1.28. The van der Waals surface area contributed by atoms with Gasteiger partial charge in [-0.25, -0.2) is 4.98 Å². The summed E-state index contributed by atoms with van der Waals surface area (Å²) < 4.78 is 9.21. The van der Waals surface area contributed by atoms with Gasteiger partial charge in [0.15, 0.2) is 0 Å². The molecule has 0 aliphatic carbocycles. The number of aromatic nitrogens is 2. The lowest BCUT2D eigenvalue weighted by Gasteiger charge is -2.24. The highest BCUT2D eigenvalue weighted by Gasteiger charge is 2.26. The fraction of sp³-hybridized carbons (Fsp3) is 0.122. The van der Waals surface area contributed by atoms with Crippen molar-refractivity contribution in [2.45, 2.75) is 39.5 Å². The van der Waals surface area contributed by atoms with Crippen molar-refractivity contribution in [2.75, 3.05) is 0 Å². The molecule has 0 aliphatic heterocycles. The first kappa shape index (κ1) is 31.8. The monoisotopic (exact) mass is 672 g/mol. The molecule has 0 saturated carbocycles. The second-order valence-corrected chi connectivity index (χ2v) is 14.3. The quantitative estimate of drug-likeness (QED) is 0.169. The van der Waals surface area contributed by atoms with E-state index in [9.17, 15) is 0 Å². The van der Waals surface area contributed by atoms with E-state index in [1.54, 1.807) is 0 Å². The van der Waals surface area contributed by atoms with Crippen LogP contribution in [0.4, 0.5) is 0 Å². The van der Waals surface area contributed by atoms with E-state index in [4.69, 9.17) is 9.40 Å². The van der Waals surface area contributed by atoms with E-state index in [1.807, 2.05) is 0 Å². The molecule has 0 amide bonds. The maximum absolute atomic E-state index is 6.81. The fourth-order valence-electron chi connectivity index (χ4n) is 7.79. The van der Waals surface area contributed by atoms with E-state index in [2.05, 4.69) is 190 Å². The molecule has 9 rings (SSSR count). The Kier molecular flexibility index (Phi) is 7.85. The van der Waals surface area contributed by atoms with Gasteiger partial charge in [-0.1, -0.05) is 149 Å². The van der Waals surface area contributed by atoms with E-state index in [-0.39, 0.29) is 11.8 Å². The second-order valence-electron chi connectivity index (χ2n) is 14.3. The van der Waals surface area contributed by atoms with Gasteiger partial charge in [-0.15, -0.1) is 0 Å². The van der Waals surface area contributed by atoms with Gasteiger partial charge in [0.2, 0.25) is 0 Å². The Bertz CT molecular complexity index is 2680. The highest BCUT2D eigenvalue weighted by Crippen LogP contribution is 2.44. The molecule has 0 N–H and O–H groups in total. The van der Waals surface area contributed by atoms with Crippen LogP contribution < -0.4 is 0 Å². The van der Waals surface area contributed by atoms with E-state index >= 15 is 0 Å². The average Bonchev–Trinajstić information content (AvgIpc) is 3.77. The third kappa shape index (κ3) is 5.32. The van der Waals surface area contributed by atoms with Crippen molar-refractivity contribution in [1.29, 1.82) is 0 Å². The number of fused-ring (bicyclic) bond motifs is 4. The number of nitrogens with zero attached hydrogens (tertiary/aromatic N) is 2. The normalized spacial score (nSPS) is 11.8. The topological polar surface area (TPSA) is 31.0 Å². The minimum atomic E-state index is 0.264. The Morgan fingerprint density at radius 1 is 0.500 bits per heavy atom. The molecular weight excluding hydrogens is 633 g/mol. The van der Waals surface area contributed by atoms with Gasteiger partial charge in [0, 0.05) is 10.8 Å². The van der Waals surface area contributed by atoms with Crippen LogP contribution in [0.2, 0.25) is 0 Å². The first-order chi connectivity index (χ1) is 25.5. The molecule has 0 spiro atoms. The second kappa shape index (κ2) is 12.9. The van der Waals surface area contributed by atoms with Crippen LogP contribution in [0.25, 0.3) is 83.4 Å². The van der Waals surface area contributed by atoms with Crippen molar-refractivity contribution in [3.8, 4) is 50.5 Å². The summed E-state index contributed by atoms with van der Waals surface area (Å²) in [7, 11) is 0. The molecule has 0 unspecified atom stereocenters. The number of rotatable bonds is 7. The van der Waals surface area contributed by atoms with Crippen molar-refractivity contribution < 1.29 is 4.42 Å². The minimum Gasteiger partial charge on any atom is -0.455 e. The van der Waals surface area contributed by atoms with Crippen LogP contribution >= 0.6 is 0 Å². The van der Waals surface area contributed by atoms with Gasteiger partial charge < -0.3 is 4.42 Å². The molecule has 0 radical (unpaired) electrons. The summed E-state index contributed by atoms with van der Waals surface area (Å²) in [4.78, 5) is 5.38. The number of para-hydroxylation sites is 3. The van der Waals surface area contributed by atoms with Crippen LogP contribution in [0.3, 0.4) is 0 Å². The zero-order valence-corrected chi connectivity index (χ0v) is 30.0. The molecule has 3 nitrogen and oxygen atoms in total. The van der Waals surface area contributed by atoms with Gasteiger partial charge in [0.25, 0.3) is 0 Å². The zero-order valence-electron chi connectivity index (χ0n) is 30.0. The van der Waals surface area contributed by atoms with Crippen LogP contribution in [0.1, 0.15) is 50.7 Å². The molecular formula is C49H40N2O. The molecule has 2 aromatic heterocycles. The SMILES string of the molecule is CC(C)c1cc(-c2ccc(-c3ccccc3)cc2)cc(C(C)C)c1-n1c(-c2cccc3c2oc2cccc(-c4ccccc4)c23)nc2ccccc21. The number of hydrogen-bond donors (Lipinski definition) is 0. The molecule has 7 aromatic carbocycles. The largest absolute Gasteiger partial charge is 0.455 e.